The number of nitrogens with zero attached hydrogens (tertiary/aromatic N) is 1. The Kier molecular flexibility index (Phi) is 5.62. The second-order valence-corrected chi connectivity index (χ2v) is 6.12. The monoisotopic (exact) mass is 292 g/mol. The Hall–Kier alpha value is -1.10. The first-order valence-electron chi connectivity index (χ1n) is 7.88. The molecule has 0 saturated carbocycles. The maximum atomic E-state index is 10.2. The molecule has 0 bridgehead atoms. The maximum Gasteiger partial charge on any atom is 0.119 e. The number of hydrogen-bond acceptors (Lipinski definition) is 4. The lowest BCUT2D eigenvalue weighted by molar-refractivity contribution is 0.00393. The quantitative estimate of drug-likeness (QED) is 0.873. The molecule has 1 aliphatic rings. The molecule has 1 aromatic rings. The Balaban J connectivity index is 2.25. The third-order valence-electron chi connectivity index (χ3n) is 4.66. The van der Waals surface area contributed by atoms with Gasteiger partial charge in [-0.1, -0.05) is 26.0 Å². The SMILES string of the molecule is CCC(N)C(c1cccc(OC)c1)N1CCC(C)C(O)C1. The molecular weight excluding hydrogens is 264 g/mol. The highest BCUT2D eigenvalue weighted by Crippen LogP contribution is 2.31. The Morgan fingerprint density at radius 1 is 1.48 bits per heavy atom. The lowest BCUT2D eigenvalue weighted by Gasteiger charge is -2.41. The smallest absolute Gasteiger partial charge is 0.119 e. The number of ether oxygens (including phenoxy) is 1. The molecule has 0 amide bonds. The summed E-state index contributed by atoms with van der Waals surface area (Å²) in [6, 6.07) is 8.31. The van der Waals surface area contributed by atoms with Crippen LogP contribution in [-0.4, -0.2) is 42.4 Å². The molecule has 1 aliphatic heterocycles. The fourth-order valence-electron chi connectivity index (χ4n) is 3.10. The summed E-state index contributed by atoms with van der Waals surface area (Å²) in [6.07, 6.45) is 1.65. The second-order valence-electron chi connectivity index (χ2n) is 6.12. The number of benzene rings is 1. The molecule has 1 saturated heterocycles. The van der Waals surface area contributed by atoms with Crippen LogP contribution in [-0.2, 0) is 0 Å². The van der Waals surface area contributed by atoms with Crippen LogP contribution in [0.1, 0.15) is 38.3 Å². The molecule has 4 unspecified atom stereocenters. The van der Waals surface area contributed by atoms with Crippen molar-refractivity contribution in [3.63, 3.8) is 0 Å². The Labute approximate surface area is 127 Å². The van der Waals surface area contributed by atoms with Gasteiger partial charge in [-0.3, -0.25) is 4.90 Å². The number of aliphatic hydroxyl groups excluding tert-OH is 1. The summed E-state index contributed by atoms with van der Waals surface area (Å²) in [5.74, 6) is 1.22. The largest absolute Gasteiger partial charge is 0.497 e. The van der Waals surface area contributed by atoms with E-state index in [0.717, 1.165) is 25.1 Å². The van der Waals surface area contributed by atoms with Crippen LogP contribution >= 0.6 is 0 Å². The number of nitrogens with two attached hydrogens (primary N) is 1. The zero-order valence-electron chi connectivity index (χ0n) is 13.3. The van der Waals surface area contributed by atoms with Crippen LogP contribution in [0.15, 0.2) is 24.3 Å². The summed E-state index contributed by atoms with van der Waals surface area (Å²) in [6.45, 7) is 5.90. The van der Waals surface area contributed by atoms with Gasteiger partial charge in [0.25, 0.3) is 0 Å². The van der Waals surface area contributed by atoms with E-state index >= 15 is 0 Å². The van der Waals surface area contributed by atoms with Crippen molar-refractivity contribution in [2.24, 2.45) is 11.7 Å². The minimum Gasteiger partial charge on any atom is -0.497 e. The van der Waals surface area contributed by atoms with Crippen molar-refractivity contribution in [2.45, 2.75) is 44.9 Å². The number of aliphatic hydroxyl groups is 1. The number of rotatable bonds is 5. The van der Waals surface area contributed by atoms with Gasteiger partial charge in [-0.15, -0.1) is 0 Å². The van der Waals surface area contributed by atoms with Gasteiger partial charge in [-0.05, 0) is 43.0 Å². The van der Waals surface area contributed by atoms with Crippen LogP contribution in [0.3, 0.4) is 0 Å². The molecule has 0 spiro atoms. The summed E-state index contributed by atoms with van der Waals surface area (Å²) in [7, 11) is 1.68. The molecule has 4 atom stereocenters. The highest BCUT2D eigenvalue weighted by Gasteiger charge is 2.32. The summed E-state index contributed by atoms with van der Waals surface area (Å²) in [4.78, 5) is 2.33. The topological polar surface area (TPSA) is 58.7 Å². The van der Waals surface area contributed by atoms with E-state index < -0.39 is 0 Å². The molecule has 0 aromatic heterocycles. The predicted octanol–water partition coefficient (Wildman–Crippen LogP) is 2.18. The first-order valence-corrected chi connectivity index (χ1v) is 7.88. The van der Waals surface area contributed by atoms with Crippen LogP contribution in [0.5, 0.6) is 5.75 Å². The third-order valence-corrected chi connectivity index (χ3v) is 4.66. The fourth-order valence-corrected chi connectivity index (χ4v) is 3.10. The zero-order chi connectivity index (χ0) is 15.4. The third kappa shape index (κ3) is 3.76. The van der Waals surface area contributed by atoms with Gasteiger partial charge in [0.05, 0.1) is 19.3 Å². The van der Waals surface area contributed by atoms with Gasteiger partial charge < -0.3 is 15.6 Å². The van der Waals surface area contributed by atoms with E-state index in [1.807, 2.05) is 12.1 Å². The lowest BCUT2D eigenvalue weighted by Crippen LogP contribution is -2.49. The summed E-state index contributed by atoms with van der Waals surface area (Å²) in [5, 5.41) is 10.2. The van der Waals surface area contributed by atoms with Crippen LogP contribution < -0.4 is 10.5 Å². The second kappa shape index (κ2) is 7.25. The van der Waals surface area contributed by atoms with Gasteiger partial charge in [0.1, 0.15) is 5.75 Å². The van der Waals surface area contributed by atoms with Gasteiger partial charge in [0.2, 0.25) is 0 Å². The number of β-amino-alcohol motifs (C(OH)–C–C–N with tert-alkyl or cyclic N) is 1. The number of methoxy groups -OCH3 is 1. The standard InChI is InChI=1S/C17H28N2O2/c1-4-15(18)17(13-6-5-7-14(10-13)21-3)19-9-8-12(2)16(20)11-19/h5-7,10,12,15-17,20H,4,8-9,11,18H2,1-3H3. The highest BCUT2D eigenvalue weighted by atomic mass is 16.5. The molecule has 1 heterocycles. The van der Waals surface area contributed by atoms with E-state index in [9.17, 15) is 5.11 Å². The predicted molar refractivity (Wildman–Crippen MR) is 85.4 cm³/mol. The van der Waals surface area contributed by atoms with Crippen molar-refractivity contribution in [2.75, 3.05) is 20.2 Å². The van der Waals surface area contributed by atoms with Gasteiger partial charge >= 0.3 is 0 Å². The zero-order valence-corrected chi connectivity index (χ0v) is 13.3. The molecule has 0 aliphatic carbocycles. The fraction of sp³-hybridized carbons (Fsp3) is 0.647. The van der Waals surface area contributed by atoms with Crippen LogP contribution in [0.4, 0.5) is 0 Å². The Morgan fingerprint density at radius 2 is 2.24 bits per heavy atom. The number of piperidine rings is 1. The van der Waals surface area contributed by atoms with Gasteiger partial charge in [-0.25, -0.2) is 0 Å². The van der Waals surface area contributed by atoms with Crippen molar-refractivity contribution >= 4 is 0 Å². The average Bonchev–Trinajstić information content (AvgIpc) is 2.51. The van der Waals surface area contributed by atoms with Crippen LogP contribution in [0.2, 0.25) is 0 Å². The summed E-state index contributed by atoms with van der Waals surface area (Å²) < 4.78 is 5.34. The van der Waals surface area contributed by atoms with Crippen LogP contribution in [0, 0.1) is 5.92 Å². The molecule has 2 rings (SSSR count). The number of likely N-dealkylation sites (tertiary alicyclic amines) is 1. The maximum absolute atomic E-state index is 10.2. The van der Waals surface area contributed by atoms with Gasteiger partial charge in [0.15, 0.2) is 0 Å². The van der Waals surface area contributed by atoms with E-state index in [0.29, 0.717) is 12.5 Å². The van der Waals surface area contributed by atoms with Crippen molar-refractivity contribution < 1.29 is 9.84 Å². The van der Waals surface area contributed by atoms with Gasteiger partial charge in [0, 0.05) is 12.6 Å². The highest BCUT2D eigenvalue weighted by molar-refractivity contribution is 5.31. The minimum atomic E-state index is -0.268. The Morgan fingerprint density at radius 3 is 2.86 bits per heavy atom. The van der Waals surface area contributed by atoms with E-state index in [4.69, 9.17) is 10.5 Å². The van der Waals surface area contributed by atoms with Crippen molar-refractivity contribution in [1.82, 2.24) is 4.90 Å². The molecular formula is C17H28N2O2. The van der Waals surface area contributed by atoms with Gasteiger partial charge in [-0.2, -0.15) is 0 Å². The molecule has 0 radical (unpaired) electrons. The molecule has 1 fully saturated rings. The average molecular weight is 292 g/mol. The molecule has 21 heavy (non-hydrogen) atoms. The van der Waals surface area contributed by atoms with E-state index in [1.54, 1.807) is 7.11 Å². The molecule has 3 N–H and O–H groups in total. The van der Waals surface area contributed by atoms with E-state index in [2.05, 4.69) is 30.9 Å². The minimum absolute atomic E-state index is 0.0534. The van der Waals surface area contributed by atoms with E-state index in [1.165, 1.54) is 5.56 Å². The molecule has 4 nitrogen and oxygen atoms in total. The number of hydrogen-bond donors (Lipinski definition) is 2. The lowest BCUT2D eigenvalue weighted by atomic mass is 9.90. The Bertz CT molecular complexity index is 452. The molecule has 118 valence electrons. The van der Waals surface area contributed by atoms with Crippen molar-refractivity contribution in [1.29, 1.82) is 0 Å². The first kappa shape index (κ1) is 16.3. The molecule has 1 aromatic carbocycles. The van der Waals surface area contributed by atoms with Crippen molar-refractivity contribution in [3.8, 4) is 5.75 Å². The van der Waals surface area contributed by atoms with Crippen LogP contribution in [0.25, 0.3) is 0 Å². The summed E-state index contributed by atoms with van der Waals surface area (Å²) in [5.41, 5.74) is 7.56. The van der Waals surface area contributed by atoms with E-state index in [-0.39, 0.29) is 18.2 Å². The summed E-state index contributed by atoms with van der Waals surface area (Å²) >= 11 is 0. The normalized spacial score (nSPS) is 26.3. The first-order chi connectivity index (χ1) is 10.1. The van der Waals surface area contributed by atoms with Crippen molar-refractivity contribution in [3.05, 3.63) is 29.8 Å². The molecule has 4 heteroatoms.